The topological polar surface area (TPSA) is 58.2 Å². The monoisotopic (exact) mass is 396 g/mol. The van der Waals surface area contributed by atoms with Crippen molar-refractivity contribution in [2.24, 2.45) is 5.92 Å². The smallest absolute Gasteiger partial charge is 0.265 e. The van der Waals surface area contributed by atoms with Gasteiger partial charge in [0.25, 0.3) is 11.8 Å². The molecule has 0 bridgehead atoms. The van der Waals surface area contributed by atoms with Crippen LogP contribution < -0.4 is 10.6 Å². The first kappa shape index (κ1) is 17.9. The lowest BCUT2D eigenvalue weighted by Gasteiger charge is -2.16. The molecule has 4 nitrogen and oxygen atoms in total. The lowest BCUT2D eigenvalue weighted by molar-refractivity contribution is 0.102. The molecule has 0 spiro atoms. The zero-order valence-electron chi connectivity index (χ0n) is 15.0. The maximum atomic E-state index is 12.6. The van der Waals surface area contributed by atoms with Gasteiger partial charge in [0.2, 0.25) is 0 Å². The standard InChI is InChI=1S/C21H20N2O2S2/c1-13-7-8-17-14(10-13)11-19(27-17)21(25)23-16-5-2-4-15(12-16)22-20(24)18-6-3-9-26-18/h2-6,9,11-13H,7-8,10H2,1H3,(H,22,24)(H,23,25). The van der Waals surface area contributed by atoms with E-state index in [0.29, 0.717) is 22.2 Å². The Hall–Kier alpha value is -2.44. The summed E-state index contributed by atoms with van der Waals surface area (Å²) in [5.41, 5.74) is 2.65. The lowest BCUT2D eigenvalue weighted by Crippen LogP contribution is -2.12. The molecule has 1 aliphatic carbocycles. The van der Waals surface area contributed by atoms with Crippen LogP contribution in [0.3, 0.4) is 0 Å². The van der Waals surface area contributed by atoms with Crippen LogP contribution in [0.15, 0.2) is 47.8 Å². The van der Waals surface area contributed by atoms with Crippen LogP contribution in [0, 0.1) is 5.92 Å². The first-order valence-electron chi connectivity index (χ1n) is 8.96. The average molecular weight is 397 g/mol. The number of benzene rings is 1. The van der Waals surface area contributed by atoms with Crippen molar-refractivity contribution in [3.05, 3.63) is 68.0 Å². The zero-order valence-corrected chi connectivity index (χ0v) is 16.6. The Morgan fingerprint density at radius 3 is 2.44 bits per heavy atom. The van der Waals surface area contributed by atoms with Crippen molar-refractivity contribution in [3.63, 3.8) is 0 Å². The van der Waals surface area contributed by atoms with Crippen LogP contribution >= 0.6 is 22.7 Å². The SMILES string of the molecule is CC1CCc2sc(C(=O)Nc3cccc(NC(=O)c4cccs4)c3)cc2C1. The van der Waals surface area contributed by atoms with Gasteiger partial charge in [-0.2, -0.15) is 0 Å². The molecule has 6 heteroatoms. The predicted octanol–water partition coefficient (Wildman–Crippen LogP) is 5.44. The van der Waals surface area contributed by atoms with Gasteiger partial charge in [0.05, 0.1) is 9.75 Å². The second-order valence-corrected chi connectivity index (χ2v) is 8.96. The summed E-state index contributed by atoms with van der Waals surface area (Å²) in [6, 6.07) is 12.9. The summed E-state index contributed by atoms with van der Waals surface area (Å²) in [6.07, 6.45) is 3.32. The first-order valence-corrected chi connectivity index (χ1v) is 10.7. The van der Waals surface area contributed by atoms with Gasteiger partial charge in [0.15, 0.2) is 0 Å². The molecule has 1 atom stereocenters. The number of anilines is 2. The normalized spacial score (nSPS) is 15.8. The molecule has 2 aromatic heterocycles. The number of nitrogens with one attached hydrogen (secondary N) is 2. The van der Waals surface area contributed by atoms with Crippen LogP contribution in [0.2, 0.25) is 0 Å². The van der Waals surface area contributed by atoms with E-state index in [1.165, 1.54) is 28.2 Å². The highest BCUT2D eigenvalue weighted by Crippen LogP contribution is 2.32. The van der Waals surface area contributed by atoms with E-state index in [1.54, 1.807) is 23.5 Å². The molecule has 0 saturated heterocycles. The summed E-state index contributed by atoms with van der Waals surface area (Å²) >= 11 is 2.99. The van der Waals surface area contributed by atoms with E-state index in [4.69, 9.17) is 0 Å². The third-order valence-electron chi connectivity index (χ3n) is 4.68. The van der Waals surface area contributed by atoms with E-state index in [9.17, 15) is 9.59 Å². The number of fused-ring (bicyclic) bond motifs is 1. The quantitative estimate of drug-likeness (QED) is 0.617. The predicted molar refractivity (Wildman–Crippen MR) is 112 cm³/mol. The van der Waals surface area contributed by atoms with Crippen molar-refractivity contribution in [2.75, 3.05) is 10.6 Å². The third-order valence-corrected chi connectivity index (χ3v) is 6.78. The highest BCUT2D eigenvalue weighted by molar-refractivity contribution is 7.14. The highest BCUT2D eigenvalue weighted by Gasteiger charge is 2.20. The van der Waals surface area contributed by atoms with Crippen molar-refractivity contribution in [1.82, 2.24) is 0 Å². The minimum Gasteiger partial charge on any atom is -0.321 e. The fourth-order valence-electron chi connectivity index (χ4n) is 3.29. The second-order valence-electron chi connectivity index (χ2n) is 6.87. The fourth-order valence-corrected chi connectivity index (χ4v) is 5.01. The Morgan fingerprint density at radius 1 is 1.00 bits per heavy atom. The summed E-state index contributed by atoms with van der Waals surface area (Å²) in [4.78, 5) is 27.6. The molecule has 0 saturated carbocycles. The van der Waals surface area contributed by atoms with E-state index < -0.39 is 0 Å². The van der Waals surface area contributed by atoms with Gasteiger partial charge in [0.1, 0.15) is 0 Å². The Balaban J connectivity index is 1.45. The van der Waals surface area contributed by atoms with E-state index in [-0.39, 0.29) is 11.8 Å². The molecule has 0 fully saturated rings. The minimum absolute atomic E-state index is 0.0937. The van der Waals surface area contributed by atoms with E-state index in [2.05, 4.69) is 17.6 Å². The molecule has 0 aliphatic heterocycles. The fraction of sp³-hybridized carbons (Fsp3) is 0.238. The molecule has 2 amide bonds. The summed E-state index contributed by atoms with van der Waals surface area (Å²) in [6.45, 7) is 2.26. The van der Waals surface area contributed by atoms with Gasteiger partial charge >= 0.3 is 0 Å². The van der Waals surface area contributed by atoms with E-state index >= 15 is 0 Å². The van der Waals surface area contributed by atoms with Crippen LogP contribution in [0.1, 0.15) is 43.1 Å². The van der Waals surface area contributed by atoms with Crippen LogP contribution in [-0.2, 0) is 12.8 Å². The molecule has 1 aromatic carbocycles. The molecular formula is C21H20N2O2S2. The first-order chi connectivity index (χ1) is 13.1. The molecule has 27 heavy (non-hydrogen) atoms. The van der Waals surface area contributed by atoms with Crippen LogP contribution in [0.4, 0.5) is 11.4 Å². The van der Waals surface area contributed by atoms with Gasteiger partial charge < -0.3 is 10.6 Å². The van der Waals surface area contributed by atoms with Gasteiger partial charge in [-0.3, -0.25) is 9.59 Å². The molecule has 138 valence electrons. The molecule has 1 aliphatic rings. The van der Waals surface area contributed by atoms with Crippen molar-refractivity contribution in [2.45, 2.75) is 26.2 Å². The van der Waals surface area contributed by atoms with Crippen molar-refractivity contribution >= 4 is 45.9 Å². The van der Waals surface area contributed by atoms with Gasteiger partial charge in [0, 0.05) is 16.3 Å². The number of carbonyl (C=O) groups excluding carboxylic acids is 2. The lowest BCUT2D eigenvalue weighted by atomic mass is 9.90. The molecule has 1 unspecified atom stereocenters. The van der Waals surface area contributed by atoms with Crippen molar-refractivity contribution in [1.29, 1.82) is 0 Å². The minimum atomic E-state index is -0.145. The van der Waals surface area contributed by atoms with Crippen molar-refractivity contribution < 1.29 is 9.59 Å². The third kappa shape index (κ3) is 4.12. The Bertz CT molecular complexity index is 976. The molecule has 4 rings (SSSR count). The number of carbonyl (C=O) groups is 2. The summed E-state index contributed by atoms with van der Waals surface area (Å²) in [5.74, 6) is 0.448. The number of amides is 2. The van der Waals surface area contributed by atoms with Gasteiger partial charge in [-0.25, -0.2) is 0 Å². The number of thiophene rings is 2. The van der Waals surface area contributed by atoms with Gasteiger partial charge in [-0.1, -0.05) is 19.1 Å². The summed E-state index contributed by atoms with van der Waals surface area (Å²) < 4.78 is 0. The molecular weight excluding hydrogens is 376 g/mol. The molecule has 0 radical (unpaired) electrons. The summed E-state index contributed by atoms with van der Waals surface area (Å²) in [7, 11) is 0. The van der Waals surface area contributed by atoms with Gasteiger partial charge in [-0.05, 0) is 66.5 Å². The molecule has 2 heterocycles. The van der Waals surface area contributed by atoms with Gasteiger partial charge in [-0.15, -0.1) is 22.7 Å². The van der Waals surface area contributed by atoms with E-state index in [0.717, 1.165) is 17.7 Å². The Morgan fingerprint density at radius 2 is 1.74 bits per heavy atom. The maximum absolute atomic E-state index is 12.6. The number of hydrogen-bond donors (Lipinski definition) is 2. The van der Waals surface area contributed by atoms with E-state index in [1.807, 2.05) is 35.7 Å². The molecule has 3 aromatic rings. The maximum Gasteiger partial charge on any atom is 0.265 e. The number of aryl methyl sites for hydroxylation is 1. The number of rotatable bonds is 4. The second kappa shape index (κ2) is 7.66. The van der Waals surface area contributed by atoms with Crippen LogP contribution in [0.25, 0.3) is 0 Å². The molecule has 2 N–H and O–H groups in total. The Kier molecular flexibility index (Phi) is 5.09. The van der Waals surface area contributed by atoms with Crippen LogP contribution in [0.5, 0.6) is 0 Å². The number of hydrogen-bond acceptors (Lipinski definition) is 4. The largest absolute Gasteiger partial charge is 0.321 e. The van der Waals surface area contributed by atoms with Crippen LogP contribution in [-0.4, -0.2) is 11.8 Å². The Labute approximate surface area is 166 Å². The zero-order chi connectivity index (χ0) is 18.8. The highest BCUT2D eigenvalue weighted by atomic mass is 32.1. The average Bonchev–Trinajstić information content (AvgIpc) is 3.31. The summed E-state index contributed by atoms with van der Waals surface area (Å²) in [5, 5.41) is 7.68. The van der Waals surface area contributed by atoms with Crippen molar-refractivity contribution in [3.8, 4) is 0 Å².